The van der Waals surface area contributed by atoms with Gasteiger partial charge in [-0.25, -0.2) is 0 Å². The van der Waals surface area contributed by atoms with Crippen molar-refractivity contribution in [3.8, 4) is 0 Å². The van der Waals surface area contributed by atoms with Gasteiger partial charge in [-0.2, -0.15) is 0 Å². The Bertz CT molecular complexity index is 351. The highest BCUT2D eigenvalue weighted by Crippen LogP contribution is 2.04. The third-order valence-electron chi connectivity index (χ3n) is 1.51. The fourth-order valence-electron chi connectivity index (χ4n) is 0.802. The van der Waals surface area contributed by atoms with E-state index in [9.17, 15) is 4.79 Å². The Morgan fingerprint density at radius 2 is 1.92 bits per heavy atom. The van der Waals surface area contributed by atoms with Gasteiger partial charge in [0.15, 0.2) is 0 Å². The average molecular weight is 167 g/mol. The highest BCUT2D eigenvalue weighted by Gasteiger charge is 2.05. The number of hydrogen-bond donors (Lipinski definition) is 0. The van der Waals surface area contributed by atoms with Gasteiger partial charge in [-0.15, -0.1) is 0 Å². The maximum Gasteiger partial charge on any atom is 0.253 e. The van der Waals surface area contributed by atoms with Crippen LogP contribution in [0.2, 0.25) is 0 Å². The lowest BCUT2D eigenvalue weighted by molar-refractivity contribution is 0.0827. The zero-order valence-electron chi connectivity index (χ0n) is 9.51. The second-order valence-electron chi connectivity index (χ2n) is 2.90. The molecule has 0 heterocycles. The SMILES string of the molecule is [3H]c1cc(C)cc([3H])c1C(=O)N(C)C. The first-order valence-corrected chi connectivity index (χ1v) is 3.73. The first kappa shape index (κ1) is 6.23. The molecule has 1 aromatic rings. The molecule has 0 aliphatic heterocycles. The summed E-state index contributed by atoms with van der Waals surface area (Å²) in [6.07, 6.45) is 0. The predicted molar refractivity (Wildman–Crippen MR) is 49.2 cm³/mol. The summed E-state index contributed by atoms with van der Waals surface area (Å²) < 4.78 is 15.2. The minimum Gasteiger partial charge on any atom is -0.345 e. The Kier molecular flexibility index (Phi) is 1.76. The molecule has 0 saturated carbocycles. The Morgan fingerprint density at radius 1 is 1.42 bits per heavy atom. The van der Waals surface area contributed by atoms with E-state index in [1.807, 2.05) is 0 Å². The van der Waals surface area contributed by atoms with E-state index in [0.717, 1.165) is 5.56 Å². The molecule has 2 nitrogen and oxygen atoms in total. The number of carbonyl (C=O) groups excluding carboxylic acids is 1. The summed E-state index contributed by atoms with van der Waals surface area (Å²) in [6.45, 7) is 1.81. The molecule has 0 radical (unpaired) electrons. The Morgan fingerprint density at radius 3 is 2.33 bits per heavy atom. The molecule has 0 bridgehead atoms. The Hall–Kier alpha value is -1.31. The van der Waals surface area contributed by atoms with Crippen LogP contribution in [0.15, 0.2) is 24.2 Å². The zero-order valence-corrected chi connectivity index (χ0v) is 7.51. The number of carbonyl (C=O) groups is 1. The van der Waals surface area contributed by atoms with Crippen molar-refractivity contribution in [1.82, 2.24) is 4.90 Å². The van der Waals surface area contributed by atoms with Crippen LogP contribution in [0.4, 0.5) is 0 Å². The lowest BCUT2D eigenvalue weighted by atomic mass is 10.1. The van der Waals surface area contributed by atoms with E-state index in [4.69, 9.17) is 2.74 Å². The Balaban J connectivity index is 3.28. The molecule has 0 aromatic heterocycles. The molecule has 0 saturated heterocycles. The molecule has 0 fully saturated rings. The first-order valence-electron chi connectivity index (χ1n) is 4.73. The molecule has 1 rings (SSSR count). The summed E-state index contributed by atoms with van der Waals surface area (Å²) >= 11 is 0. The van der Waals surface area contributed by atoms with Crippen molar-refractivity contribution < 1.29 is 7.54 Å². The average Bonchev–Trinajstić information content (AvgIpc) is 2.01. The van der Waals surface area contributed by atoms with Gasteiger partial charge >= 0.3 is 0 Å². The summed E-state index contributed by atoms with van der Waals surface area (Å²) in [4.78, 5) is 13.0. The van der Waals surface area contributed by atoms with Crippen molar-refractivity contribution in [2.45, 2.75) is 6.92 Å². The van der Waals surface area contributed by atoms with E-state index in [1.54, 1.807) is 33.2 Å². The lowest BCUT2D eigenvalue weighted by Gasteiger charge is -2.09. The molecule has 1 amide bonds. The van der Waals surface area contributed by atoms with E-state index in [2.05, 4.69) is 0 Å². The fraction of sp³-hybridized carbons (Fsp3) is 0.300. The van der Waals surface area contributed by atoms with Gasteiger partial charge in [-0.05, 0) is 19.0 Å². The van der Waals surface area contributed by atoms with Gasteiger partial charge in [0, 0.05) is 19.7 Å². The van der Waals surface area contributed by atoms with Crippen LogP contribution in [-0.4, -0.2) is 24.9 Å². The summed E-state index contributed by atoms with van der Waals surface area (Å²) in [7, 11) is 3.22. The van der Waals surface area contributed by atoms with Gasteiger partial charge in [0.2, 0.25) is 0 Å². The highest BCUT2D eigenvalue weighted by molar-refractivity contribution is 5.93. The Labute approximate surface area is 75.6 Å². The summed E-state index contributed by atoms with van der Waals surface area (Å²) in [5.41, 5.74) is 0.996. The monoisotopic (exact) mass is 167 g/mol. The third-order valence-corrected chi connectivity index (χ3v) is 1.51. The van der Waals surface area contributed by atoms with Crippen LogP contribution in [0.3, 0.4) is 0 Å². The second-order valence-corrected chi connectivity index (χ2v) is 2.90. The molecule has 0 spiro atoms. The minimum absolute atomic E-state index is 0.119. The molecule has 64 valence electrons. The standard InChI is InChI=1S/C10H13NO/c1-8-4-6-9(7-5-8)10(12)11(2)3/h4-7H,1-3H3/i6T,7T. The van der Waals surface area contributed by atoms with E-state index >= 15 is 0 Å². The number of hydrogen-bond acceptors (Lipinski definition) is 1. The fourth-order valence-corrected chi connectivity index (χ4v) is 0.802. The summed E-state index contributed by atoms with van der Waals surface area (Å²) in [5.74, 6) is -0.292. The molecule has 1 aromatic carbocycles. The smallest absolute Gasteiger partial charge is 0.253 e. The number of benzene rings is 1. The van der Waals surface area contributed by atoms with E-state index in [0.29, 0.717) is 0 Å². The van der Waals surface area contributed by atoms with Crippen molar-refractivity contribution >= 4 is 5.91 Å². The predicted octanol–water partition coefficient (Wildman–Crippen LogP) is 1.70. The molecule has 0 aliphatic carbocycles. The van der Waals surface area contributed by atoms with Gasteiger partial charge < -0.3 is 4.90 Å². The number of aryl methyl sites for hydroxylation is 1. The maximum absolute atomic E-state index is 11.6. The van der Waals surface area contributed by atoms with Crippen LogP contribution in [-0.2, 0) is 0 Å². The highest BCUT2D eigenvalue weighted by atomic mass is 16.2. The molecule has 0 atom stereocenters. The molecular formula is C10H13NO. The molecule has 0 N–H and O–H groups in total. The number of rotatable bonds is 1. The van der Waals surface area contributed by atoms with Gasteiger partial charge in [0.25, 0.3) is 5.91 Å². The number of nitrogens with zero attached hydrogens (tertiary/aromatic N) is 1. The van der Waals surface area contributed by atoms with Crippen molar-refractivity contribution in [2.24, 2.45) is 0 Å². The number of amides is 1. The van der Waals surface area contributed by atoms with Crippen LogP contribution >= 0.6 is 0 Å². The molecule has 0 unspecified atom stereocenters. The molecule has 12 heavy (non-hydrogen) atoms. The van der Waals surface area contributed by atoms with Crippen molar-refractivity contribution in [1.29, 1.82) is 0 Å². The van der Waals surface area contributed by atoms with Crippen LogP contribution in [0.5, 0.6) is 0 Å². The largest absolute Gasteiger partial charge is 0.345 e. The van der Waals surface area contributed by atoms with Crippen molar-refractivity contribution in [3.63, 3.8) is 0 Å². The quantitative estimate of drug-likeness (QED) is 0.623. The summed E-state index contributed by atoms with van der Waals surface area (Å²) in [5, 5.41) is 0. The topological polar surface area (TPSA) is 20.3 Å². The first-order chi connectivity index (χ1) is 6.43. The minimum atomic E-state index is -0.292. The van der Waals surface area contributed by atoms with Crippen molar-refractivity contribution in [3.05, 3.63) is 35.3 Å². The molecular weight excluding hydrogens is 150 g/mol. The molecule has 2 heteroatoms. The van der Waals surface area contributed by atoms with E-state index < -0.39 is 0 Å². The van der Waals surface area contributed by atoms with Gasteiger partial charge in [-0.1, -0.05) is 17.7 Å². The maximum atomic E-state index is 11.6. The van der Waals surface area contributed by atoms with Crippen LogP contribution in [0.25, 0.3) is 0 Å². The van der Waals surface area contributed by atoms with Gasteiger partial charge in [0.1, 0.15) is 0 Å². The molecule has 0 aliphatic rings. The lowest BCUT2D eigenvalue weighted by Crippen LogP contribution is -2.21. The second kappa shape index (κ2) is 3.39. The zero-order chi connectivity index (χ0) is 10.9. The van der Waals surface area contributed by atoms with Crippen molar-refractivity contribution in [2.75, 3.05) is 14.1 Å². The van der Waals surface area contributed by atoms with E-state index in [-0.39, 0.29) is 23.6 Å². The van der Waals surface area contributed by atoms with Gasteiger partial charge in [0.05, 0.1) is 2.74 Å². The van der Waals surface area contributed by atoms with Gasteiger partial charge in [-0.3, -0.25) is 4.79 Å². The third kappa shape index (κ3) is 1.84. The van der Waals surface area contributed by atoms with Crippen LogP contribution < -0.4 is 0 Å². The van der Waals surface area contributed by atoms with E-state index in [1.165, 1.54) is 4.90 Å². The van der Waals surface area contributed by atoms with Crippen LogP contribution in [0, 0.1) is 6.92 Å². The normalized spacial score (nSPS) is 11.9. The summed E-state index contributed by atoms with van der Waals surface area (Å²) in [6, 6.07) is 3.42. The van der Waals surface area contributed by atoms with Crippen LogP contribution in [0.1, 0.15) is 18.7 Å².